The van der Waals surface area contributed by atoms with Gasteiger partial charge in [-0.15, -0.1) is 11.8 Å². The van der Waals surface area contributed by atoms with E-state index in [9.17, 15) is 0 Å². The van der Waals surface area contributed by atoms with Gasteiger partial charge in [0.15, 0.2) is 0 Å². The van der Waals surface area contributed by atoms with Crippen LogP contribution in [0.1, 0.15) is 11.1 Å². The van der Waals surface area contributed by atoms with Crippen LogP contribution >= 0.6 is 11.8 Å². The van der Waals surface area contributed by atoms with Crippen LogP contribution in [-0.2, 0) is 5.75 Å². The van der Waals surface area contributed by atoms with Crippen LogP contribution in [0.4, 0.5) is 0 Å². The summed E-state index contributed by atoms with van der Waals surface area (Å²) >= 11 is 1.71. The summed E-state index contributed by atoms with van der Waals surface area (Å²) in [4.78, 5) is 1.14. The lowest BCUT2D eigenvalue weighted by Gasteiger charge is -2.02. The van der Waals surface area contributed by atoms with Crippen molar-refractivity contribution in [2.45, 2.75) is 10.6 Å². The molecule has 0 atom stereocenters. The molecule has 0 heterocycles. The number of benzene rings is 2. The highest BCUT2D eigenvalue weighted by molar-refractivity contribution is 7.98. The van der Waals surface area contributed by atoms with E-state index in [-0.39, 0.29) is 5.75 Å². The standard InChI is InChI=1S/C14H11NOS/c15-9-11-3-7-14(8-4-11)17-10-12-1-5-13(16)6-2-12/h1-8,16H,10H2. The van der Waals surface area contributed by atoms with Gasteiger partial charge in [-0.1, -0.05) is 12.1 Å². The first kappa shape index (κ1) is 11.6. The van der Waals surface area contributed by atoms with Crippen molar-refractivity contribution >= 4 is 11.8 Å². The van der Waals surface area contributed by atoms with Gasteiger partial charge >= 0.3 is 0 Å². The summed E-state index contributed by atoms with van der Waals surface area (Å²) in [7, 11) is 0. The fourth-order valence-electron chi connectivity index (χ4n) is 1.38. The van der Waals surface area contributed by atoms with Crippen molar-refractivity contribution in [3.63, 3.8) is 0 Å². The highest BCUT2D eigenvalue weighted by Gasteiger charge is 1.97. The maximum atomic E-state index is 9.16. The summed E-state index contributed by atoms with van der Waals surface area (Å²) in [5.41, 5.74) is 1.84. The molecule has 0 saturated carbocycles. The van der Waals surface area contributed by atoms with Crippen LogP contribution in [0.15, 0.2) is 53.4 Å². The third-order valence-corrected chi connectivity index (χ3v) is 3.41. The van der Waals surface area contributed by atoms with Crippen molar-refractivity contribution in [2.75, 3.05) is 0 Å². The number of nitrogens with zero attached hydrogens (tertiary/aromatic N) is 1. The second kappa shape index (κ2) is 5.42. The molecule has 84 valence electrons. The highest BCUT2D eigenvalue weighted by atomic mass is 32.2. The topological polar surface area (TPSA) is 44.0 Å². The third-order valence-electron chi connectivity index (χ3n) is 2.33. The molecular weight excluding hydrogens is 230 g/mol. The summed E-state index contributed by atoms with van der Waals surface area (Å²) < 4.78 is 0. The lowest BCUT2D eigenvalue weighted by molar-refractivity contribution is 0.475. The molecule has 17 heavy (non-hydrogen) atoms. The van der Waals surface area contributed by atoms with Crippen LogP contribution in [-0.4, -0.2) is 5.11 Å². The predicted molar refractivity (Wildman–Crippen MR) is 68.8 cm³/mol. The molecule has 0 aliphatic rings. The molecule has 0 bridgehead atoms. The predicted octanol–water partition coefficient (Wildman–Crippen LogP) is 3.56. The Balaban J connectivity index is 1.98. The van der Waals surface area contributed by atoms with E-state index in [1.807, 2.05) is 36.4 Å². The zero-order valence-corrected chi connectivity index (χ0v) is 9.95. The number of phenolic OH excluding ortho intramolecular Hbond substituents is 1. The van der Waals surface area contributed by atoms with Crippen molar-refractivity contribution in [2.24, 2.45) is 0 Å². The second-order valence-corrected chi connectivity index (χ2v) is 4.64. The van der Waals surface area contributed by atoms with Gasteiger partial charge in [-0.05, 0) is 42.0 Å². The molecule has 2 nitrogen and oxygen atoms in total. The van der Waals surface area contributed by atoms with Gasteiger partial charge in [-0.3, -0.25) is 0 Å². The van der Waals surface area contributed by atoms with Gasteiger partial charge in [0.05, 0.1) is 11.6 Å². The van der Waals surface area contributed by atoms with Crippen LogP contribution in [0.3, 0.4) is 0 Å². The van der Waals surface area contributed by atoms with Gasteiger partial charge in [-0.2, -0.15) is 5.26 Å². The van der Waals surface area contributed by atoms with Crippen LogP contribution in [0, 0.1) is 11.3 Å². The third kappa shape index (κ3) is 3.27. The fourth-order valence-corrected chi connectivity index (χ4v) is 2.24. The summed E-state index contributed by atoms with van der Waals surface area (Å²) in [6.07, 6.45) is 0. The Hall–Kier alpha value is -1.92. The molecule has 0 aliphatic heterocycles. The van der Waals surface area contributed by atoms with E-state index in [2.05, 4.69) is 6.07 Å². The largest absolute Gasteiger partial charge is 0.508 e. The van der Waals surface area contributed by atoms with Gasteiger partial charge in [0.1, 0.15) is 5.75 Å². The van der Waals surface area contributed by atoms with Gasteiger partial charge < -0.3 is 5.11 Å². The summed E-state index contributed by atoms with van der Waals surface area (Å²) in [5.74, 6) is 1.14. The number of nitriles is 1. The molecule has 0 spiro atoms. The number of thioether (sulfide) groups is 1. The molecule has 0 aliphatic carbocycles. The molecule has 3 heteroatoms. The SMILES string of the molecule is N#Cc1ccc(SCc2ccc(O)cc2)cc1. The number of phenols is 1. The molecular formula is C14H11NOS. The minimum absolute atomic E-state index is 0.289. The molecule has 1 N–H and O–H groups in total. The smallest absolute Gasteiger partial charge is 0.115 e. The number of hydrogen-bond donors (Lipinski definition) is 1. The van der Waals surface area contributed by atoms with Crippen molar-refractivity contribution in [1.29, 1.82) is 5.26 Å². The van der Waals surface area contributed by atoms with Crippen LogP contribution in [0.25, 0.3) is 0 Å². The Bertz CT molecular complexity index is 526. The highest BCUT2D eigenvalue weighted by Crippen LogP contribution is 2.23. The summed E-state index contributed by atoms with van der Waals surface area (Å²) in [6.45, 7) is 0. The zero-order valence-electron chi connectivity index (χ0n) is 9.13. The van der Waals surface area contributed by atoms with Gasteiger partial charge in [-0.25, -0.2) is 0 Å². The minimum atomic E-state index is 0.289. The fraction of sp³-hybridized carbons (Fsp3) is 0.0714. The Morgan fingerprint density at radius 1 is 1.00 bits per heavy atom. The Labute approximate surface area is 105 Å². The normalized spacial score (nSPS) is 9.82. The molecule has 0 saturated heterocycles. The Morgan fingerprint density at radius 2 is 1.65 bits per heavy atom. The molecule has 0 aromatic heterocycles. The van der Waals surface area contributed by atoms with Crippen LogP contribution in [0.2, 0.25) is 0 Å². The zero-order chi connectivity index (χ0) is 12.1. The van der Waals surface area contributed by atoms with E-state index in [1.165, 1.54) is 0 Å². The molecule has 0 fully saturated rings. The van der Waals surface area contributed by atoms with Gasteiger partial charge in [0, 0.05) is 10.6 Å². The molecule has 2 aromatic carbocycles. The van der Waals surface area contributed by atoms with E-state index in [1.54, 1.807) is 23.9 Å². The van der Waals surface area contributed by atoms with E-state index >= 15 is 0 Å². The van der Waals surface area contributed by atoms with E-state index < -0.39 is 0 Å². The first-order valence-electron chi connectivity index (χ1n) is 5.19. The first-order chi connectivity index (χ1) is 8.28. The second-order valence-electron chi connectivity index (χ2n) is 3.59. The van der Waals surface area contributed by atoms with Gasteiger partial charge in [0.25, 0.3) is 0 Å². The van der Waals surface area contributed by atoms with Crippen LogP contribution < -0.4 is 0 Å². The maximum Gasteiger partial charge on any atom is 0.115 e. The van der Waals surface area contributed by atoms with Gasteiger partial charge in [0.2, 0.25) is 0 Å². The van der Waals surface area contributed by atoms with Crippen molar-refractivity contribution in [3.8, 4) is 11.8 Å². The van der Waals surface area contributed by atoms with E-state index in [0.29, 0.717) is 5.56 Å². The van der Waals surface area contributed by atoms with Crippen molar-refractivity contribution < 1.29 is 5.11 Å². The average molecular weight is 241 g/mol. The lowest BCUT2D eigenvalue weighted by atomic mass is 10.2. The minimum Gasteiger partial charge on any atom is -0.508 e. The lowest BCUT2D eigenvalue weighted by Crippen LogP contribution is -1.80. The molecule has 2 aromatic rings. The molecule has 2 rings (SSSR count). The molecule has 0 radical (unpaired) electrons. The Morgan fingerprint density at radius 3 is 2.24 bits per heavy atom. The number of hydrogen-bond acceptors (Lipinski definition) is 3. The summed E-state index contributed by atoms with van der Waals surface area (Å²) in [6, 6.07) is 16.8. The quantitative estimate of drug-likeness (QED) is 0.836. The van der Waals surface area contributed by atoms with Crippen molar-refractivity contribution in [3.05, 3.63) is 59.7 Å². The first-order valence-corrected chi connectivity index (χ1v) is 6.17. The van der Waals surface area contributed by atoms with E-state index in [0.717, 1.165) is 16.2 Å². The average Bonchev–Trinajstić information content (AvgIpc) is 2.39. The monoisotopic (exact) mass is 241 g/mol. The number of aromatic hydroxyl groups is 1. The maximum absolute atomic E-state index is 9.16. The summed E-state index contributed by atoms with van der Waals surface area (Å²) in [5, 5.41) is 17.8. The van der Waals surface area contributed by atoms with Crippen LogP contribution in [0.5, 0.6) is 5.75 Å². The Kier molecular flexibility index (Phi) is 3.69. The van der Waals surface area contributed by atoms with Crippen molar-refractivity contribution in [1.82, 2.24) is 0 Å². The number of rotatable bonds is 3. The molecule has 0 amide bonds. The van der Waals surface area contributed by atoms with E-state index in [4.69, 9.17) is 10.4 Å². The molecule has 0 unspecified atom stereocenters.